The molecule has 0 atom stereocenters. The summed E-state index contributed by atoms with van der Waals surface area (Å²) in [6, 6.07) is 9.96. The van der Waals surface area contributed by atoms with Crippen molar-refractivity contribution in [2.75, 3.05) is 5.32 Å². The molecule has 0 amide bonds. The number of benzene rings is 1. The molecule has 19 heavy (non-hydrogen) atoms. The topological polar surface area (TPSA) is 66.7 Å². The number of H-pyrrole nitrogens is 1. The Balaban J connectivity index is 1.76. The Morgan fingerprint density at radius 2 is 2.26 bits per heavy atom. The molecule has 1 aromatic carbocycles. The van der Waals surface area contributed by atoms with Crippen molar-refractivity contribution in [2.24, 2.45) is 0 Å². The quantitative estimate of drug-likeness (QED) is 0.751. The van der Waals surface area contributed by atoms with Crippen LogP contribution in [0.25, 0.3) is 11.4 Å². The molecule has 2 N–H and O–H groups in total. The van der Waals surface area contributed by atoms with Gasteiger partial charge in [-0.05, 0) is 25.1 Å². The summed E-state index contributed by atoms with van der Waals surface area (Å²) in [5, 5.41) is 10.3. The van der Waals surface area contributed by atoms with Gasteiger partial charge in [-0.3, -0.25) is 5.10 Å². The number of hydrogen-bond donors (Lipinski definition) is 2. The van der Waals surface area contributed by atoms with Crippen LogP contribution >= 0.6 is 0 Å². The molecule has 3 rings (SSSR count). The Morgan fingerprint density at radius 1 is 1.32 bits per heavy atom. The number of rotatable bonds is 4. The van der Waals surface area contributed by atoms with E-state index >= 15 is 0 Å². The summed E-state index contributed by atoms with van der Waals surface area (Å²) >= 11 is 0. The predicted molar refractivity (Wildman–Crippen MR) is 72.6 cm³/mol. The summed E-state index contributed by atoms with van der Waals surface area (Å²) < 4.78 is 5.03. The van der Waals surface area contributed by atoms with Crippen LogP contribution in [0.1, 0.15) is 11.4 Å². The van der Waals surface area contributed by atoms with E-state index in [0.29, 0.717) is 5.82 Å². The molecular formula is C14H14N4O. The van der Waals surface area contributed by atoms with Gasteiger partial charge >= 0.3 is 0 Å². The number of aromatic amines is 1. The van der Waals surface area contributed by atoms with Crippen molar-refractivity contribution in [3.63, 3.8) is 0 Å². The van der Waals surface area contributed by atoms with Crippen molar-refractivity contribution in [1.29, 1.82) is 0 Å². The molecule has 0 unspecified atom stereocenters. The van der Waals surface area contributed by atoms with Gasteiger partial charge in [-0.25, -0.2) is 4.98 Å². The zero-order valence-corrected chi connectivity index (χ0v) is 10.6. The van der Waals surface area contributed by atoms with Crippen LogP contribution in [0, 0.1) is 6.92 Å². The van der Waals surface area contributed by atoms with Crippen LogP contribution in [0.3, 0.4) is 0 Å². The summed E-state index contributed by atoms with van der Waals surface area (Å²) in [6.07, 6.45) is 3.40. The van der Waals surface area contributed by atoms with E-state index in [1.807, 2.05) is 37.3 Å². The summed E-state index contributed by atoms with van der Waals surface area (Å²) in [7, 11) is 0. The molecule has 2 heterocycles. The van der Waals surface area contributed by atoms with Gasteiger partial charge < -0.3 is 9.73 Å². The number of aromatic nitrogens is 3. The van der Waals surface area contributed by atoms with Crippen LogP contribution in [0.2, 0.25) is 0 Å². The number of hydrogen-bond acceptors (Lipinski definition) is 4. The molecule has 3 aromatic rings. The molecular weight excluding hydrogens is 240 g/mol. The molecule has 0 aliphatic rings. The van der Waals surface area contributed by atoms with Gasteiger partial charge in [0.15, 0.2) is 5.82 Å². The third-order valence-electron chi connectivity index (χ3n) is 2.79. The summed E-state index contributed by atoms with van der Waals surface area (Å²) in [6.45, 7) is 2.62. The number of anilines is 1. The van der Waals surface area contributed by atoms with E-state index in [9.17, 15) is 0 Å². The number of nitrogens with zero attached hydrogens (tertiary/aromatic N) is 2. The standard InChI is InChI=1S/C14H14N4O/c1-10-16-14(18-17-10)12-3-2-4-13(7-12)15-8-11-5-6-19-9-11/h2-7,9,15H,8H2,1H3,(H,16,17,18). The number of nitrogens with one attached hydrogen (secondary N) is 2. The summed E-state index contributed by atoms with van der Waals surface area (Å²) in [5.41, 5.74) is 3.13. The van der Waals surface area contributed by atoms with Gasteiger partial charge in [0.1, 0.15) is 5.82 Å². The van der Waals surface area contributed by atoms with Crippen LogP contribution < -0.4 is 5.32 Å². The van der Waals surface area contributed by atoms with Crippen molar-refractivity contribution in [3.05, 3.63) is 54.2 Å². The lowest BCUT2D eigenvalue weighted by Crippen LogP contribution is -1.98. The van der Waals surface area contributed by atoms with Crippen molar-refractivity contribution in [1.82, 2.24) is 15.2 Å². The molecule has 96 valence electrons. The van der Waals surface area contributed by atoms with Crippen LogP contribution in [-0.4, -0.2) is 15.2 Å². The molecule has 0 saturated carbocycles. The molecule has 0 spiro atoms. The molecule has 0 fully saturated rings. The van der Waals surface area contributed by atoms with E-state index in [1.54, 1.807) is 12.5 Å². The predicted octanol–water partition coefficient (Wildman–Crippen LogP) is 2.99. The van der Waals surface area contributed by atoms with E-state index < -0.39 is 0 Å². The monoisotopic (exact) mass is 254 g/mol. The Kier molecular flexibility index (Phi) is 3.02. The highest BCUT2D eigenvalue weighted by Gasteiger charge is 2.04. The van der Waals surface area contributed by atoms with Crippen LogP contribution in [-0.2, 0) is 6.54 Å². The summed E-state index contributed by atoms with van der Waals surface area (Å²) in [4.78, 5) is 4.32. The molecule has 2 aromatic heterocycles. The minimum absolute atomic E-state index is 0.712. The van der Waals surface area contributed by atoms with E-state index in [1.165, 1.54) is 0 Å². The zero-order valence-electron chi connectivity index (χ0n) is 10.6. The lowest BCUT2D eigenvalue weighted by molar-refractivity contribution is 0.564. The molecule has 5 heteroatoms. The van der Waals surface area contributed by atoms with Gasteiger partial charge in [-0.1, -0.05) is 12.1 Å². The van der Waals surface area contributed by atoms with E-state index in [4.69, 9.17) is 4.42 Å². The second-order valence-electron chi connectivity index (χ2n) is 4.31. The van der Waals surface area contributed by atoms with Gasteiger partial charge in [-0.15, -0.1) is 0 Å². The largest absolute Gasteiger partial charge is 0.472 e. The highest BCUT2D eigenvalue weighted by molar-refractivity contribution is 5.62. The van der Waals surface area contributed by atoms with Crippen LogP contribution in [0.5, 0.6) is 0 Å². The van der Waals surface area contributed by atoms with Crippen molar-refractivity contribution in [3.8, 4) is 11.4 Å². The maximum Gasteiger partial charge on any atom is 0.181 e. The Bertz CT molecular complexity index is 658. The Hall–Kier alpha value is -2.56. The maximum absolute atomic E-state index is 5.03. The van der Waals surface area contributed by atoms with Crippen molar-refractivity contribution >= 4 is 5.69 Å². The van der Waals surface area contributed by atoms with Crippen molar-refractivity contribution < 1.29 is 4.42 Å². The number of furan rings is 1. The lowest BCUT2D eigenvalue weighted by atomic mass is 10.2. The Morgan fingerprint density at radius 3 is 3.00 bits per heavy atom. The van der Waals surface area contributed by atoms with Crippen LogP contribution in [0.15, 0.2) is 47.3 Å². The lowest BCUT2D eigenvalue weighted by Gasteiger charge is -2.05. The fourth-order valence-electron chi connectivity index (χ4n) is 1.84. The first-order valence-electron chi connectivity index (χ1n) is 6.05. The first kappa shape index (κ1) is 11.5. The molecule has 0 radical (unpaired) electrons. The second-order valence-corrected chi connectivity index (χ2v) is 4.31. The SMILES string of the molecule is Cc1nc(-c2cccc(NCc3ccoc3)c2)n[nH]1. The second kappa shape index (κ2) is 4.97. The first-order chi connectivity index (χ1) is 9.31. The fourth-order valence-corrected chi connectivity index (χ4v) is 1.84. The molecule has 0 saturated heterocycles. The van der Waals surface area contributed by atoms with Gasteiger partial charge in [0.25, 0.3) is 0 Å². The molecule has 0 aliphatic heterocycles. The maximum atomic E-state index is 5.03. The first-order valence-corrected chi connectivity index (χ1v) is 6.05. The third kappa shape index (κ3) is 2.65. The van der Waals surface area contributed by atoms with Gasteiger partial charge in [0.05, 0.1) is 12.5 Å². The van der Waals surface area contributed by atoms with Crippen LogP contribution in [0.4, 0.5) is 5.69 Å². The van der Waals surface area contributed by atoms with E-state index in [2.05, 4.69) is 20.5 Å². The van der Waals surface area contributed by atoms with Gasteiger partial charge in [-0.2, -0.15) is 5.10 Å². The highest BCUT2D eigenvalue weighted by Crippen LogP contribution is 2.19. The molecule has 5 nitrogen and oxygen atoms in total. The number of aryl methyl sites for hydroxylation is 1. The van der Waals surface area contributed by atoms with Gasteiger partial charge in [0, 0.05) is 23.4 Å². The Labute approximate surface area is 110 Å². The minimum Gasteiger partial charge on any atom is -0.472 e. The zero-order chi connectivity index (χ0) is 13.1. The normalized spacial score (nSPS) is 10.6. The minimum atomic E-state index is 0.712. The highest BCUT2D eigenvalue weighted by atomic mass is 16.3. The van der Waals surface area contributed by atoms with Crippen molar-refractivity contribution in [2.45, 2.75) is 13.5 Å². The molecule has 0 bridgehead atoms. The third-order valence-corrected chi connectivity index (χ3v) is 2.79. The van der Waals surface area contributed by atoms with E-state index in [-0.39, 0.29) is 0 Å². The summed E-state index contributed by atoms with van der Waals surface area (Å²) in [5.74, 6) is 1.52. The molecule has 0 aliphatic carbocycles. The van der Waals surface area contributed by atoms with E-state index in [0.717, 1.165) is 29.2 Å². The average Bonchev–Trinajstić information content (AvgIpc) is 3.08. The smallest absolute Gasteiger partial charge is 0.181 e. The fraction of sp³-hybridized carbons (Fsp3) is 0.143. The van der Waals surface area contributed by atoms with Gasteiger partial charge in [0.2, 0.25) is 0 Å². The average molecular weight is 254 g/mol.